The fourth-order valence-corrected chi connectivity index (χ4v) is 2.36. The maximum Gasteiger partial charge on any atom is 0.242 e. The van der Waals surface area contributed by atoms with Gasteiger partial charge in [0.25, 0.3) is 0 Å². The monoisotopic (exact) mass is 329 g/mol. The highest BCUT2D eigenvalue weighted by Gasteiger charge is 2.18. The minimum Gasteiger partial charge on any atom is -0.444 e. The summed E-state index contributed by atoms with van der Waals surface area (Å²) in [5.41, 5.74) is 1.42. The molecule has 1 aromatic carbocycles. The Morgan fingerprint density at radius 3 is 2.38 bits per heavy atom. The maximum absolute atomic E-state index is 12.3. The summed E-state index contributed by atoms with van der Waals surface area (Å²) < 4.78 is 5.43. The Morgan fingerprint density at radius 1 is 1.08 bits per heavy atom. The minimum absolute atomic E-state index is 0.0547. The molecular weight excluding hydrogens is 306 g/mol. The van der Waals surface area contributed by atoms with Crippen LogP contribution in [0.3, 0.4) is 0 Å². The highest BCUT2D eigenvalue weighted by Crippen LogP contribution is 2.18. The summed E-state index contributed by atoms with van der Waals surface area (Å²) in [6.07, 6.45) is 1.60. The molecule has 0 aliphatic carbocycles. The van der Waals surface area contributed by atoms with Crippen molar-refractivity contribution >= 4 is 11.8 Å². The van der Waals surface area contributed by atoms with E-state index in [4.69, 9.17) is 4.42 Å². The van der Waals surface area contributed by atoms with Crippen LogP contribution in [0.5, 0.6) is 0 Å². The van der Waals surface area contributed by atoms with Crippen molar-refractivity contribution < 1.29 is 14.0 Å². The Hall–Kier alpha value is -2.63. The molecule has 0 radical (unpaired) electrons. The van der Waals surface area contributed by atoms with E-state index in [1.54, 1.807) is 11.9 Å². The molecule has 2 rings (SSSR count). The van der Waals surface area contributed by atoms with E-state index < -0.39 is 0 Å². The van der Waals surface area contributed by atoms with Gasteiger partial charge in [0.15, 0.2) is 0 Å². The first-order valence-electron chi connectivity index (χ1n) is 8.06. The van der Waals surface area contributed by atoms with Crippen LogP contribution in [-0.2, 0) is 16.0 Å². The molecule has 0 saturated heterocycles. The number of aromatic nitrogens is 1. The molecule has 1 aromatic heterocycles. The first-order valence-corrected chi connectivity index (χ1v) is 8.06. The first kappa shape index (κ1) is 17.7. The van der Waals surface area contributed by atoms with E-state index in [-0.39, 0.29) is 24.8 Å². The average molecular weight is 329 g/mol. The summed E-state index contributed by atoms with van der Waals surface area (Å²) in [5.74, 6) is 0.268. The molecule has 6 heteroatoms. The Kier molecular flexibility index (Phi) is 6.12. The maximum atomic E-state index is 12.3. The molecule has 2 amide bonds. The summed E-state index contributed by atoms with van der Waals surface area (Å²) in [5, 5.41) is 0. The number of carbonyl (C=O) groups excluding carboxylic acids is 2. The van der Waals surface area contributed by atoms with E-state index in [9.17, 15) is 9.59 Å². The highest BCUT2D eigenvalue weighted by molar-refractivity contribution is 5.85. The molecular formula is C18H23N3O3. The molecule has 24 heavy (non-hydrogen) atoms. The smallest absolute Gasteiger partial charge is 0.242 e. The Balaban J connectivity index is 1.95. The van der Waals surface area contributed by atoms with Crippen LogP contribution < -0.4 is 0 Å². The van der Waals surface area contributed by atoms with Gasteiger partial charge in [-0.3, -0.25) is 9.59 Å². The predicted molar refractivity (Wildman–Crippen MR) is 91.2 cm³/mol. The zero-order valence-electron chi connectivity index (χ0n) is 14.4. The zero-order chi connectivity index (χ0) is 17.5. The number of nitrogens with zero attached hydrogens (tertiary/aromatic N) is 3. The van der Waals surface area contributed by atoms with Gasteiger partial charge in [-0.15, -0.1) is 0 Å². The molecule has 0 N–H and O–H groups in total. The highest BCUT2D eigenvalue weighted by atomic mass is 16.3. The second kappa shape index (κ2) is 8.29. The van der Waals surface area contributed by atoms with Crippen LogP contribution in [-0.4, -0.2) is 53.3 Å². The normalized spacial score (nSPS) is 10.5. The fourth-order valence-electron chi connectivity index (χ4n) is 2.36. The number of benzene rings is 1. The van der Waals surface area contributed by atoms with Crippen LogP contribution in [0.4, 0.5) is 0 Å². The van der Waals surface area contributed by atoms with E-state index in [1.807, 2.05) is 44.2 Å². The predicted octanol–water partition coefficient (Wildman–Crippen LogP) is 2.21. The summed E-state index contributed by atoms with van der Waals surface area (Å²) in [4.78, 5) is 31.8. The minimum atomic E-state index is -0.164. The second-order valence-electron chi connectivity index (χ2n) is 5.50. The van der Waals surface area contributed by atoms with E-state index >= 15 is 0 Å². The van der Waals surface area contributed by atoms with Gasteiger partial charge in [-0.05, 0) is 26.0 Å². The summed E-state index contributed by atoms with van der Waals surface area (Å²) >= 11 is 0. The number of amides is 2. The van der Waals surface area contributed by atoms with Crippen LogP contribution in [0.15, 0.2) is 41.0 Å². The largest absolute Gasteiger partial charge is 0.444 e. The molecule has 0 atom stereocenters. The molecule has 0 aliphatic rings. The van der Waals surface area contributed by atoms with Crippen molar-refractivity contribution in [2.75, 3.05) is 26.7 Å². The van der Waals surface area contributed by atoms with Gasteiger partial charge in [-0.2, -0.15) is 0 Å². The Bertz CT molecular complexity index is 678. The van der Waals surface area contributed by atoms with Crippen molar-refractivity contribution in [2.24, 2.45) is 0 Å². The number of carbonyl (C=O) groups is 2. The van der Waals surface area contributed by atoms with E-state index in [1.165, 1.54) is 11.2 Å². The molecule has 128 valence electrons. The molecule has 6 nitrogen and oxygen atoms in total. The average Bonchev–Trinajstić information content (AvgIpc) is 3.05. The second-order valence-corrected chi connectivity index (χ2v) is 5.50. The Morgan fingerprint density at radius 2 is 1.75 bits per heavy atom. The van der Waals surface area contributed by atoms with Crippen molar-refractivity contribution in [3.05, 3.63) is 42.3 Å². The first-order chi connectivity index (χ1) is 11.5. The van der Waals surface area contributed by atoms with Gasteiger partial charge >= 0.3 is 0 Å². The molecule has 2 aromatic rings. The molecule has 0 saturated carbocycles. The number of hydrogen-bond acceptors (Lipinski definition) is 4. The van der Waals surface area contributed by atoms with Crippen molar-refractivity contribution in [3.63, 3.8) is 0 Å². The molecule has 0 fully saturated rings. The molecule has 0 spiro atoms. The molecule has 0 unspecified atom stereocenters. The number of hydrogen-bond donors (Lipinski definition) is 0. The van der Waals surface area contributed by atoms with Crippen LogP contribution in [0.25, 0.3) is 11.5 Å². The van der Waals surface area contributed by atoms with E-state index in [2.05, 4.69) is 4.98 Å². The molecule has 0 bridgehead atoms. The third kappa shape index (κ3) is 4.44. The summed E-state index contributed by atoms with van der Waals surface area (Å²) in [7, 11) is 1.63. The standard InChI is InChI=1S/C18H23N3O3/c1-4-21(5-2)17(23)12-20(3)16(22)11-15-13-24-18(19-15)14-9-7-6-8-10-14/h6-10,13H,4-5,11-12H2,1-3H3. The van der Waals surface area contributed by atoms with Crippen LogP contribution in [0, 0.1) is 0 Å². The fraction of sp³-hybridized carbons (Fsp3) is 0.389. The van der Waals surface area contributed by atoms with Crippen LogP contribution >= 0.6 is 0 Å². The van der Waals surface area contributed by atoms with Crippen LogP contribution in [0.1, 0.15) is 19.5 Å². The lowest BCUT2D eigenvalue weighted by Gasteiger charge is -2.23. The lowest BCUT2D eigenvalue weighted by atomic mass is 10.2. The van der Waals surface area contributed by atoms with Gasteiger partial charge in [0.05, 0.1) is 18.7 Å². The van der Waals surface area contributed by atoms with E-state index in [0.29, 0.717) is 24.7 Å². The van der Waals surface area contributed by atoms with Crippen molar-refractivity contribution in [1.82, 2.24) is 14.8 Å². The van der Waals surface area contributed by atoms with Gasteiger partial charge in [-0.25, -0.2) is 4.98 Å². The van der Waals surface area contributed by atoms with Gasteiger partial charge in [0.2, 0.25) is 17.7 Å². The third-order valence-electron chi connectivity index (χ3n) is 3.82. The number of rotatable bonds is 7. The van der Waals surface area contributed by atoms with Crippen molar-refractivity contribution in [3.8, 4) is 11.5 Å². The van der Waals surface area contributed by atoms with Gasteiger partial charge in [0.1, 0.15) is 6.26 Å². The van der Waals surface area contributed by atoms with Gasteiger partial charge in [0, 0.05) is 25.7 Å². The van der Waals surface area contributed by atoms with Crippen molar-refractivity contribution in [2.45, 2.75) is 20.3 Å². The van der Waals surface area contributed by atoms with Crippen molar-refractivity contribution in [1.29, 1.82) is 0 Å². The molecule has 1 heterocycles. The number of oxazole rings is 1. The Labute approximate surface area is 142 Å². The third-order valence-corrected chi connectivity index (χ3v) is 3.82. The van der Waals surface area contributed by atoms with E-state index in [0.717, 1.165) is 5.56 Å². The SMILES string of the molecule is CCN(CC)C(=O)CN(C)C(=O)Cc1coc(-c2ccccc2)n1. The van der Waals surface area contributed by atoms with Gasteiger partial charge in [-0.1, -0.05) is 18.2 Å². The number of likely N-dealkylation sites (N-methyl/N-ethyl adjacent to an activating group) is 2. The summed E-state index contributed by atoms with van der Waals surface area (Å²) in [6.45, 7) is 5.19. The quantitative estimate of drug-likeness (QED) is 0.781. The van der Waals surface area contributed by atoms with Gasteiger partial charge < -0.3 is 14.2 Å². The lowest BCUT2D eigenvalue weighted by Crippen LogP contribution is -2.41. The van der Waals surface area contributed by atoms with Crippen LogP contribution in [0.2, 0.25) is 0 Å². The zero-order valence-corrected chi connectivity index (χ0v) is 14.4. The lowest BCUT2D eigenvalue weighted by molar-refractivity contribution is -0.138. The topological polar surface area (TPSA) is 66.7 Å². The summed E-state index contributed by atoms with van der Waals surface area (Å²) in [6, 6.07) is 9.51. The molecule has 0 aliphatic heterocycles.